The van der Waals surface area contributed by atoms with Crippen molar-refractivity contribution in [3.05, 3.63) is 34.4 Å². The minimum absolute atomic E-state index is 0. The number of nitrogens with two attached hydrogens (primary N) is 1. The van der Waals surface area contributed by atoms with Crippen LogP contribution in [0.2, 0.25) is 0 Å². The fourth-order valence-electron chi connectivity index (χ4n) is 3.05. The number of halogens is 2. The Morgan fingerprint density at radius 1 is 1.48 bits per heavy atom. The summed E-state index contributed by atoms with van der Waals surface area (Å²) < 4.78 is 20.7. The average Bonchev–Trinajstić information content (AvgIpc) is 2.95. The zero-order valence-corrected chi connectivity index (χ0v) is 14.4. The van der Waals surface area contributed by atoms with Crippen LogP contribution in [0.15, 0.2) is 23.1 Å². The van der Waals surface area contributed by atoms with Crippen LogP contribution in [0.4, 0.5) is 14.9 Å². The second kappa shape index (κ2) is 7.28. The number of nitrogens with zero attached hydrogens (tertiary/aromatic N) is 2. The summed E-state index contributed by atoms with van der Waals surface area (Å²) in [6.07, 6.45) is 0.525. The number of carbonyl (C=O) groups is 1. The molecule has 2 heterocycles. The molecule has 0 bridgehead atoms. The molecular weight excluding hydrogens is 353 g/mol. The lowest BCUT2D eigenvalue weighted by Crippen LogP contribution is -2.27. The fraction of sp³-hybridized carbons (Fsp3) is 0.375. The molecule has 1 unspecified atom stereocenters. The van der Waals surface area contributed by atoms with Crippen LogP contribution in [-0.4, -0.2) is 35.0 Å². The Bertz CT molecular complexity index is 871. The Balaban J connectivity index is 0.00000225. The third-order valence-electron chi connectivity index (χ3n) is 4.22. The second-order valence-corrected chi connectivity index (χ2v) is 5.79. The topological polar surface area (TPSA) is 97.8 Å². The highest BCUT2D eigenvalue weighted by Gasteiger charge is 2.23. The minimum Gasteiger partial charge on any atom is -0.449 e. The van der Waals surface area contributed by atoms with Crippen molar-refractivity contribution in [3.63, 3.8) is 0 Å². The molecule has 0 aliphatic carbocycles. The molecule has 1 aromatic carbocycles. The Morgan fingerprint density at radius 2 is 2.20 bits per heavy atom. The zero-order valence-electron chi connectivity index (χ0n) is 13.6. The number of rotatable bonds is 3. The summed E-state index contributed by atoms with van der Waals surface area (Å²) >= 11 is 0. The first-order valence-electron chi connectivity index (χ1n) is 7.68. The predicted molar refractivity (Wildman–Crippen MR) is 94.5 cm³/mol. The first kappa shape index (κ1) is 19.0. The van der Waals surface area contributed by atoms with Gasteiger partial charge in [0, 0.05) is 25.7 Å². The van der Waals surface area contributed by atoms with Crippen LogP contribution in [0.3, 0.4) is 0 Å². The maximum Gasteiger partial charge on any atom is 0.511 e. The summed E-state index contributed by atoms with van der Waals surface area (Å²) in [6.45, 7) is 3.51. The second-order valence-electron chi connectivity index (χ2n) is 5.79. The summed E-state index contributed by atoms with van der Waals surface area (Å²) in [5.74, 6) is -0.879. The Kier molecular flexibility index (Phi) is 5.54. The number of anilines is 1. The lowest BCUT2D eigenvalue weighted by molar-refractivity contribution is 0.144. The Morgan fingerprint density at radius 3 is 2.76 bits per heavy atom. The van der Waals surface area contributed by atoms with Crippen molar-refractivity contribution in [1.29, 1.82) is 0 Å². The van der Waals surface area contributed by atoms with Gasteiger partial charge in [0.15, 0.2) is 5.75 Å². The number of aromatic nitrogens is 1. The lowest BCUT2D eigenvalue weighted by atomic mass is 10.1. The zero-order chi connectivity index (χ0) is 17.4. The third-order valence-corrected chi connectivity index (χ3v) is 4.22. The van der Waals surface area contributed by atoms with Crippen molar-refractivity contribution in [2.24, 2.45) is 5.73 Å². The molecule has 9 heteroatoms. The van der Waals surface area contributed by atoms with Gasteiger partial charge in [0.25, 0.3) is 0 Å². The molecule has 136 valence electrons. The van der Waals surface area contributed by atoms with Gasteiger partial charge in [-0.3, -0.25) is 4.79 Å². The van der Waals surface area contributed by atoms with Crippen molar-refractivity contribution < 1.29 is 19.0 Å². The first-order valence-corrected chi connectivity index (χ1v) is 7.68. The molecule has 1 aromatic heterocycles. The van der Waals surface area contributed by atoms with Crippen LogP contribution in [0.1, 0.15) is 13.3 Å². The molecule has 2 aromatic rings. The fourth-order valence-corrected chi connectivity index (χ4v) is 3.05. The molecule has 3 rings (SSSR count). The summed E-state index contributed by atoms with van der Waals surface area (Å²) in [5, 5.41) is 8.81. The molecule has 0 saturated carbocycles. The number of carboxylic acid groups (broad SMARTS) is 1. The molecule has 0 spiro atoms. The highest BCUT2D eigenvalue weighted by molar-refractivity contribution is 5.85. The van der Waals surface area contributed by atoms with Gasteiger partial charge in [-0.15, -0.1) is 12.4 Å². The van der Waals surface area contributed by atoms with E-state index in [1.807, 2.05) is 11.8 Å². The molecule has 0 amide bonds. The van der Waals surface area contributed by atoms with E-state index in [4.69, 9.17) is 10.8 Å². The molecular formula is C16H19ClFN3O4. The Labute approximate surface area is 149 Å². The van der Waals surface area contributed by atoms with Crippen molar-refractivity contribution in [2.75, 3.05) is 18.0 Å². The van der Waals surface area contributed by atoms with E-state index in [1.54, 1.807) is 10.6 Å². The van der Waals surface area contributed by atoms with Crippen molar-refractivity contribution in [2.45, 2.75) is 25.9 Å². The maximum atomic E-state index is 14.5. The van der Waals surface area contributed by atoms with Gasteiger partial charge >= 0.3 is 6.16 Å². The van der Waals surface area contributed by atoms with E-state index in [9.17, 15) is 14.0 Å². The van der Waals surface area contributed by atoms with Crippen molar-refractivity contribution in [1.82, 2.24) is 4.57 Å². The van der Waals surface area contributed by atoms with Crippen LogP contribution < -0.4 is 20.8 Å². The summed E-state index contributed by atoms with van der Waals surface area (Å²) in [5.41, 5.74) is 6.15. The standard InChI is InChI=1S/C16H18FN3O4.ClH/c1-2-19-8-14(24-16(22)23)15(21)10-5-11(17)13(6-12(10)19)20-4-3-9(18)7-20;/h5-6,8-9H,2-4,7,18H2,1H3,(H,22,23);1H. The van der Waals surface area contributed by atoms with E-state index in [1.165, 1.54) is 6.20 Å². The van der Waals surface area contributed by atoms with E-state index >= 15 is 0 Å². The number of pyridine rings is 1. The smallest absolute Gasteiger partial charge is 0.449 e. The number of benzene rings is 1. The monoisotopic (exact) mass is 371 g/mol. The van der Waals surface area contributed by atoms with Gasteiger partial charge in [0.2, 0.25) is 5.43 Å². The molecule has 1 aliphatic heterocycles. The van der Waals surface area contributed by atoms with Gasteiger partial charge in [-0.2, -0.15) is 0 Å². The molecule has 1 saturated heterocycles. The van der Waals surface area contributed by atoms with Gasteiger partial charge in [0.1, 0.15) is 5.82 Å². The van der Waals surface area contributed by atoms with Gasteiger partial charge in [-0.1, -0.05) is 0 Å². The van der Waals surface area contributed by atoms with Crippen LogP contribution >= 0.6 is 12.4 Å². The summed E-state index contributed by atoms with van der Waals surface area (Å²) in [7, 11) is 0. The molecule has 3 N–H and O–H groups in total. The van der Waals surface area contributed by atoms with Gasteiger partial charge < -0.3 is 25.0 Å². The quantitative estimate of drug-likeness (QED) is 0.802. The largest absolute Gasteiger partial charge is 0.511 e. The lowest BCUT2D eigenvalue weighted by Gasteiger charge is -2.20. The number of ether oxygens (including phenoxy) is 1. The molecule has 0 radical (unpaired) electrons. The average molecular weight is 372 g/mol. The van der Waals surface area contributed by atoms with Gasteiger partial charge in [-0.05, 0) is 25.5 Å². The van der Waals surface area contributed by atoms with E-state index in [2.05, 4.69) is 4.74 Å². The number of hydrogen-bond acceptors (Lipinski definition) is 5. The SMILES string of the molecule is CCn1cc(OC(=O)O)c(=O)c2cc(F)c(N3CCC(N)C3)cc21.Cl. The van der Waals surface area contributed by atoms with Crippen molar-refractivity contribution >= 4 is 35.2 Å². The minimum atomic E-state index is -1.59. The number of aryl methyl sites for hydroxylation is 1. The van der Waals surface area contributed by atoms with Crippen molar-refractivity contribution in [3.8, 4) is 5.75 Å². The molecule has 1 fully saturated rings. The van der Waals surface area contributed by atoms with E-state index in [0.717, 1.165) is 12.5 Å². The highest BCUT2D eigenvalue weighted by Crippen LogP contribution is 2.28. The van der Waals surface area contributed by atoms with Gasteiger partial charge in [0.05, 0.1) is 22.8 Å². The highest BCUT2D eigenvalue weighted by atomic mass is 35.5. The molecule has 7 nitrogen and oxygen atoms in total. The van der Waals surface area contributed by atoms with Gasteiger partial charge in [-0.25, -0.2) is 9.18 Å². The number of fused-ring (bicyclic) bond motifs is 1. The molecule has 1 atom stereocenters. The normalized spacial score (nSPS) is 16.8. The molecule has 25 heavy (non-hydrogen) atoms. The van der Waals surface area contributed by atoms with E-state index in [0.29, 0.717) is 30.8 Å². The van der Waals surface area contributed by atoms with Crippen LogP contribution in [0.5, 0.6) is 5.75 Å². The maximum absolute atomic E-state index is 14.5. The van der Waals surface area contributed by atoms with Crippen LogP contribution in [0, 0.1) is 5.82 Å². The van der Waals surface area contributed by atoms with E-state index in [-0.39, 0.29) is 29.6 Å². The summed E-state index contributed by atoms with van der Waals surface area (Å²) in [4.78, 5) is 24.9. The van der Waals surface area contributed by atoms with Crippen LogP contribution in [0.25, 0.3) is 10.9 Å². The third kappa shape index (κ3) is 3.54. The molecule has 1 aliphatic rings. The van der Waals surface area contributed by atoms with Crippen LogP contribution in [-0.2, 0) is 6.54 Å². The first-order chi connectivity index (χ1) is 11.4. The predicted octanol–water partition coefficient (Wildman–Crippen LogP) is 2.18. The number of hydrogen-bond donors (Lipinski definition) is 2. The summed E-state index contributed by atoms with van der Waals surface area (Å²) in [6, 6.07) is 2.75. The Hall–Kier alpha value is -2.32. The van der Waals surface area contributed by atoms with E-state index < -0.39 is 17.4 Å².